The lowest BCUT2D eigenvalue weighted by molar-refractivity contribution is -0.254. The SMILES string of the molecule is C=C(C)/C=C/C1(C)C=CC2=C(O1)C(CC=C(C)C)=C1O[C@]34C(C(=O)[C@@H]1C2O)[C@@H](O)[C@@H]1C[C@H]3C(C)(C)O[C@@]4(C/C=C(\C)C(=O)O)C1=O. The fourth-order valence-electron chi connectivity index (χ4n) is 8.71. The molecule has 1 spiro atoms. The van der Waals surface area contributed by atoms with Crippen LogP contribution in [0.3, 0.4) is 0 Å². The van der Waals surface area contributed by atoms with Gasteiger partial charge in [-0.15, -0.1) is 0 Å². The van der Waals surface area contributed by atoms with E-state index in [4.69, 9.17) is 14.2 Å². The smallest absolute Gasteiger partial charge is 0.330 e. The number of hydrogen-bond donors (Lipinski definition) is 3. The van der Waals surface area contributed by atoms with Crippen molar-refractivity contribution < 1.29 is 43.9 Å². The fourth-order valence-corrected chi connectivity index (χ4v) is 8.71. The van der Waals surface area contributed by atoms with Crippen LogP contribution in [0, 0.1) is 23.7 Å². The van der Waals surface area contributed by atoms with Gasteiger partial charge in [0.1, 0.15) is 23.0 Å². The Labute approximate surface area is 269 Å². The van der Waals surface area contributed by atoms with E-state index in [-0.39, 0.29) is 24.2 Å². The van der Waals surface area contributed by atoms with Gasteiger partial charge in [-0.1, -0.05) is 42.0 Å². The van der Waals surface area contributed by atoms with Crippen molar-refractivity contribution in [2.24, 2.45) is 23.7 Å². The summed E-state index contributed by atoms with van der Waals surface area (Å²) in [6.07, 6.45) is 8.54. The molecule has 0 aromatic heterocycles. The highest BCUT2D eigenvalue weighted by molar-refractivity contribution is 6.01. The standard InChI is InChI=1S/C37H44O9/c1-18(2)9-10-22-30-21(13-15-35(8,44-30)14-11-19(3)4)27(38)25-29(40)26-28(39)23-17-24-34(6,7)46-36(32(23)41,16-12-20(5)33(42)43)37(24,26)45-31(22)25/h9,11-15,23-28,38-39H,3,10,16-17H2,1-2,4-8H3,(H,42,43)/b14-11+,20-12+/t23-,24-,25-,26?,27?,28-,35?,36-,37-/m0/s1. The Morgan fingerprint density at radius 1 is 1.09 bits per heavy atom. The van der Waals surface area contributed by atoms with Crippen LogP contribution in [0.5, 0.6) is 0 Å². The van der Waals surface area contributed by atoms with Crippen molar-refractivity contribution in [1.82, 2.24) is 0 Å². The van der Waals surface area contributed by atoms with Gasteiger partial charge in [-0.25, -0.2) is 4.79 Å². The van der Waals surface area contributed by atoms with Crippen molar-refractivity contribution in [2.75, 3.05) is 0 Å². The van der Waals surface area contributed by atoms with Gasteiger partial charge in [0.15, 0.2) is 22.8 Å². The van der Waals surface area contributed by atoms with E-state index in [1.807, 2.05) is 65.8 Å². The monoisotopic (exact) mass is 632 g/mol. The largest absolute Gasteiger partial charge is 0.485 e. The van der Waals surface area contributed by atoms with Crippen LogP contribution in [0.25, 0.3) is 0 Å². The molecule has 46 heavy (non-hydrogen) atoms. The number of carbonyl (C=O) groups is 3. The summed E-state index contributed by atoms with van der Waals surface area (Å²) in [4.78, 5) is 41.0. The van der Waals surface area contributed by atoms with Gasteiger partial charge in [-0.2, -0.15) is 0 Å². The molecule has 3 heterocycles. The number of aliphatic carboxylic acids is 1. The van der Waals surface area contributed by atoms with Gasteiger partial charge in [-0.3, -0.25) is 9.59 Å². The fraction of sp³-hybridized carbons (Fsp3) is 0.541. The molecule has 7 aliphatic rings. The van der Waals surface area contributed by atoms with Crippen LogP contribution in [0.15, 0.2) is 82.4 Å². The second kappa shape index (κ2) is 10.5. The summed E-state index contributed by atoms with van der Waals surface area (Å²) in [5.74, 6) is -5.04. The molecule has 3 aliphatic heterocycles. The number of ether oxygens (including phenoxy) is 3. The second-order valence-corrected chi connectivity index (χ2v) is 14.8. The van der Waals surface area contributed by atoms with Crippen LogP contribution in [0.2, 0.25) is 0 Å². The van der Waals surface area contributed by atoms with E-state index >= 15 is 0 Å². The molecule has 9 nitrogen and oxygen atoms in total. The van der Waals surface area contributed by atoms with Crippen molar-refractivity contribution >= 4 is 17.5 Å². The number of carbonyl (C=O) groups excluding carboxylic acids is 2. The molecule has 0 aromatic carbocycles. The first kappa shape index (κ1) is 32.4. The van der Waals surface area contributed by atoms with Gasteiger partial charge in [0.25, 0.3) is 0 Å². The average molecular weight is 633 g/mol. The van der Waals surface area contributed by atoms with Crippen molar-refractivity contribution in [1.29, 1.82) is 0 Å². The summed E-state index contributed by atoms with van der Waals surface area (Å²) in [5.41, 5.74) is -2.30. The Morgan fingerprint density at radius 2 is 1.78 bits per heavy atom. The number of rotatable bonds is 7. The molecule has 9 atom stereocenters. The van der Waals surface area contributed by atoms with Crippen molar-refractivity contribution in [2.45, 2.75) is 102 Å². The van der Waals surface area contributed by atoms with E-state index in [0.29, 0.717) is 23.3 Å². The molecule has 0 radical (unpaired) electrons. The third kappa shape index (κ3) is 4.34. The Morgan fingerprint density at radius 3 is 2.41 bits per heavy atom. The van der Waals surface area contributed by atoms with E-state index in [1.54, 1.807) is 6.08 Å². The molecule has 4 aliphatic carbocycles. The molecule has 0 aromatic rings. The van der Waals surface area contributed by atoms with Gasteiger partial charge >= 0.3 is 5.97 Å². The first-order chi connectivity index (χ1) is 21.4. The van der Waals surface area contributed by atoms with Crippen LogP contribution >= 0.6 is 0 Å². The minimum Gasteiger partial charge on any atom is -0.485 e. The molecule has 7 rings (SSSR count). The van der Waals surface area contributed by atoms with E-state index in [1.165, 1.54) is 13.0 Å². The highest BCUT2D eigenvalue weighted by Gasteiger charge is 2.86. The van der Waals surface area contributed by atoms with Crippen molar-refractivity contribution in [3.05, 3.63) is 82.4 Å². The number of allylic oxidation sites excluding steroid dienone is 5. The zero-order chi connectivity index (χ0) is 33.7. The van der Waals surface area contributed by atoms with Gasteiger partial charge in [0.05, 0.1) is 23.7 Å². The summed E-state index contributed by atoms with van der Waals surface area (Å²) < 4.78 is 20.5. The minimum atomic E-state index is -1.73. The molecule has 246 valence electrons. The zero-order valence-electron chi connectivity index (χ0n) is 27.5. The predicted molar refractivity (Wildman–Crippen MR) is 169 cm³/mol. The summed E-state index contributed by atoms with van der Waals surface area (Å²) >= 11 is 0. The number of Topliss-reactive ketones (excluding diaryl/α,β-unsaturated/α-hetero) is 2. The Bertz CT molecular complexity index is 1630. The van der Waals surface area contributed by atoms with Crippen LogP contribution < -0.4 is 0 Å². The molecule has 3 unspecified atom stereocenters. The number of carboxylic acids is 1. The number of ketones is 2. The van der Waals surface area contributed by atoms with Gasteiger partial charge in [0.2, 0.25) is 0 Å². The molecule has 3 saturated carbocycles. The first-order valence-corrected chi connectivity index (χ1v) is 16.0. The van der Waals surface area contributed by atoms with Crippen LogP contribution in [-0.4, -0.2) is 67.5 Å². The number of carboxylic acid groups (broad SMARTS) is 1. The number of fused-ring (bicyclic) bond motifs is 1. The Hall–Kier alpha value is -3.53. The molecular weight excluding hydrogens is 588 g/mol. The predicted octanol–water partition coefficient (Wildman–Crippen LogP) is 4.82. The topological polar surface area (TPSA) is 140 Å². The number of hydrogen-bond acceptors (Lipinski definition) is 8. The van der Waals surface area contributed by atoms with E-state index in [0.717, 1.165) is 11.1 Å². The Kier molecular flexibility index (Phi) is 7.39. The summed E-state index contributed by atoms with van der Waals surface area (Å²) in [6, 6.07) is 0. The maximum atomic E-state index is 14.9. The molecule has 2 saturated heterocycles. The molecule has 5 fully saturated rings. The quantitative estimate of drug-likeness (QED) is 0.205. The lowest BCUT2D eigenvalue weighted by Crippen LogP contribution is -2.80. The van der Waals surface area contributed by atoms with Crippen molar-refractivity contribution in [3.8, 4) is 0 Å². The van der Waals surface area contributed by atoms with Crippen molar-refractivity contribution in [3.63, 3.8) is 0 Å². The summed E-state index contributed by atoms with van der Waals surface area (Å²) in [6.45, 7) is 16.8. The normalized spacial score (nSPS) is 40.3. The molecule has 4 bridgehead atoms. The Balaban J connectivity index is 1.59. The molecule has 9 heteroatoms. The van der Waals surface area contributed by atoms with Gasteiger partial charge in [-0.05, 0) is 73.5 Å². The molecule has 0 amide bonds. The second-order valence-electron chi connectivity index (χ2n) is 14.8. The van der Waals surface area contributed by atoms with Crippen LogP contribution in [-0.2, 0) is 28.6 Å². The number of aliphatic hydroxyl groups is 2. The number of aliphatic hydroxyl groups excluding tert-OH is 2. The highest BCUT2D eigenvalue weighted by atomic mass is 16.6. The third-order valence-electron chi connectivity index (χ3n) is 10.9. The summed E-state index contributed by atoms with van der Waals surface area (Å²) in [7, 11) is 0. The average Bonchev–Trinajstić information content (AvgIpc) is 3.10. The van der Waals surface area contributed by atoms with E-state index in [9.17, 15) is 29.7 Å². The van der Waals surface area contributed by atoms with E-state index in [2.05, 4.69) is 6.58 Å². The zero-order valence-corrected chi connectivity index (χ0v) is 27.5. The maximum absolute atomic E-state index is 14.9. The first-order valence-electron chi connectivity index (χ1n) is 16.0. The van der Waals surface area contributed by atoms with Gasteiger partial charge in [0, 0.05) is 35.0 Å². The molecular formula is C37H44O9. The molecule has 3 N–H and O–H groups in total. The summed E-state index contributed by atoms with van der Waals surface area (Å²) in [5, 5.41) is 33.2. The highest BCUT2D eigenvalue weighted by Crippen LogP contribution is 2.70. The van der Waals surface area contributed by atoms with Crippen LogP contribution in [0.1, 0.15) is 67.7 Å². The lowest BCUT2D eigenvalue weighted by Gasteiger charge is -2.63. The minimum absolute atomic E-state index is 0.0258. The lowest BCUT2D eigenvalue weighted by atomic mass is 9.45. The van der Waals surface area contributed by atoms with E-state index < -0.39 is 75.8 Å². The maximum Gasteiger partial charge on any atom is 0.330 e. The van der Waals surface area contributed by atoms with Crippen LogP contribution in [0.4, 0.5) is 0 Å². The van der Waals surface area contributed by atoms with Gasteiger partial charge < -0.3 is 29.5 Å². The third-order valence-corrected chi connectivity index (χ3v) is 10.9.